The summed E-state index contributed by atoms with van der Waals surface area (Å²) in [6, 6.07) is 18.3. The molecule has 0 atom stereocenters. The third-order valence-electron chi connectivity index (χ3n) is 4.28. The molecule has 0 saturated carbocycles. The van der Waals surface area contributed by atoms with E-state index in [9.17, 15) is 9.59 Å². The molecule has 3 rings (SSSR count). The number of methoxy groups -OCH3 is 2. The van der Waals surface area contributed by atoms with Crippen LogP contribution in [-0.4, -0.2) is 26.0 Å². The molecule has 0 amide bonds. The van der Waals surface area contributed by atoms with E-state index in [-0.39, 0.29) is 5.78 Å². The fraction of sp³-hybridized carbons (Fsp3) is 0.0833. The number of esters is 1. The summed E-state index contributed by atoms with van der Waals surface area (Å²) in [6.45, 7) is 0. The van der Waals surface area contributed by atoms with Gasteiger partial charge in [0.2, 0.25) is 0 Å². The second-order valence-corrected chi connectivity index (χ2v) is 6.64. The lowest BCUT2D eigenvalue weighted by atomic mass is 10.1. The van der Waals surface area contributed by atoms with Crippen molar-refractivity contribution in [3.63, 3.8) is 0 Å². The summed E-state index contributed by atoms with van der Waals surface area (Å²) in [5.74, 6) is 0.526. The smallest absolute Gasteiger partial charge is 0.343 e. The Morgan fingerprint density at radius 2 is 1.47 bits per heavy atom. The number of ether oxygens (including phenoxy) is 3. The molecule has 0 aromatic heterocycles. The first kappa shape index (κ1) is 21.1. The molecule has 0 spiro atoms. The number of rotatable bonds is 7. The Labute approximate surface area is 179 Å². The van der Waals surface area contributed by atoms with Crippen molar-refractivity contribution >= 4 is 29.4 Å². The predicted octanol–water partition coefficient (Wildman–Crippen LogP) is 5.47. The van der Waals surface area contributed by atoms with Crippen LogP contribution >= 0.6 is 11.6 Å². The highest BCUT2D eigenvalue weighted by Gasteiger charge is 2.14. The first-order valence-corrected chi connectivity index (χ1v) is 9.41. The van der Waals surface area contributed by atoms with Crippen LogP contribution in [0.2, 0.25) is 5.02 Å². The van der Waals surface area contributed by atoms with Crippen LogP contribution in [0.15, 0.2) is 72.8 Å². The summed E-state index contributed by atoms with van der Waals surface area (Å²) in [7, 11) is 3.01. The second kappa shape index (κ2) is 9.76. The van der Waals surface area contributed by atoms with E-state index in [1.807, 2.05) is 0 Å². The van der Waals surface area contributed by atoms with E-state index in [0.717, 1.165) is 0 Å². The standard InChI is InChI=1S/C24H19ClO5/c1-28-22-14-10-18(15-23(22)29-2)24(27)30-21-6-4-3-5-17(21)9-13-20(26)16-7-11-19(25)12-8-16/h3-15H,1-2H3. The largest absolute Gasteiger partial charge is 0.493 e. The topological polar surface area (TPSA) is 61.8 Å². The zero-order valence-electron chi connectivity index (χ0n) is 16.4. The molecule has 5 nitrogen and oxygen atoms in total. The van der Waals surface area contributed by atoms with Gasteiger partial charge in [-0.05, 0) is 60.7 Å². The SMILES string of the molecule is COc1ccc(C(=O)Oc2ccccc2C=CC(=O)c2ccc(Cl)cc2)cc1OC. The van der Waals surface area contributed by atoms with Gasteiger partial charge in [0.15, 0.2) is 17.3 Å². The number of hydrogen-bond donors (Lipinski definition) is 0. The van der Waals surface area contributed by atoms with Crippen molar-refractivity contribution in [1.82, 2.24) is 0 Å². The molecule has 0 bridgehead atoms. The number of ketones is 1. The fourth-order valence-corrected chi connectivity index (χ4v) is 2.83. The number of benzene rings is 3. The fourth-order valence-electron chi connectivity index (χ4n) is 2.71. The number of carbonyl (C=O) groups excluding carboxylic acids is 2. The van der Waals surface area contributed by atoms with Crippen molar-refractivity contribution in [2.45, 2.75) is 0 Å². The van der Waals surface area contributed by atoms with Crippen molar-refractivity contribution in [3.8, 4) is 17.2 Å². The molecule has 0 heterocycles. The maximum Gasteiger partial charge on any atom is 0.343 e. The van der Waals surface area contributed by atoms with Crippen molar-refractivity contribution in [1.29, 1.82) is 0 Å². The Morgan fingerprint density at radius 1 is 0.800 bits per heavy atom. The first-order chi connectivity index (χ1) is 14.5. The van der Waals surface area contributed by atoms with E-state index in [1.54, 1.807) is 72.8 Å². The molecule has 0 aliphatic rings. The number of carbonyl (C=O) groups is 2. The first-order valence-electron chi connectivity index (χ1n) is 9.03. The molecule has 0 saturated heterocycles. The molecule has 0 radical (unpaired) electrons. The highest BCUT2D eigenvalue weighted by atomic mass is 35.5. The molecule has 152 valence electrons. The monoisotopic (exact) mass is 422 g/mol. The zero-order valence-corrected chi connectivity index (χ0v) is 17.2. The second-order valence-electron chi connectivity index (χ2n) is 6.20. The molecule has 30 heavy (non-hydrogen) atoms. The van der Waals surface area contributed by atoms with Crippen LogP contribution in [0.25, 0.3) is 6.08 Å². The Balaban J connectivity index is 1.79. The molecular formula is C24H19ClO5. The van der Waals surface area contributed by atoms with Gasteiger partial charge in [0.25, 0.3) is 0 Å². The Morgan fingerprint density at radius 3 is 2.17 bits per heavy atom. The van der Waals surface area contributed by atoms with Gasteiger partial charge in [-0.1, -0.05) is 29.8 Å². The van der Waals surface area contributed by atoms with E-state index in [1.165, 1.54) is 20.3 Å². The van der Waals surface area contributed by atoms with Crippen LogP contribution in [0.3, 0.4) is 0 Å². The number of hydrogen-bond acceptors (Lipinski definition) is 5. The molecule has 0 unspecified atom stereocenters. The van der Waals surface area contributed by atoms with Gasteiger partial charge in [-0.15, -0.1) is 0 Å². The van der Waals surface area contributed by atoms with Gasteiger partial charge in [-0.2, -0.15) is 0 Å². The van der Waals surface area contributed by atoms with Gasteiger partial charge in [0, 0.05) is 16.1 Å². The lowest BCUT2D eigenvalue weighted by Crippen LogP contribution is -2.09. The van der Waals surface area contributed by atoms with Crippen LogP contribution in [0, 0.1) is 0 Å². The van der Waals surface area contributed by atoms with E-state index in [2.05, 4.69) is 0 Å². The van der Waals surface area contributed by atoms with Crippen molar-refractivity contribution in [3.05, 3.63) is 94.5 Å². The Hall–Kier alpha value is -3.57. The highest BCUT2D eigenvalue weighted by molar-refractivity contribution is 6.30. The molecule has 0 fully saturated rings. The normalized spacial score (nSPS) is 10.6. The maximum absolute atomic E-state index is 12.6. The molecule has 3 aromatic carbocycles. The average Bonchev–Trinajstić information content (AvgIpc) is 2.78. The van der Waals surface area contributed by atoms with Crippen molar-refractivity contribution in [2.24, 2.45) is 0 Å². The van der Waals surface area contributed by atoms with Crippen LogP contribution in [-0.2, 0) is 0 Å². The summed E-state index contributed by atoms with van der Waals surface area (Å²) < 4.78 is 15.9. The lowest BCUT2D eigenvalue weighted by Gasteiger charge is -2.10. The van der Waals surface area contributed by atoms with Crippen LogP contribution < -0.4 is 14.2 Å². The van der Waals surface area contributed by atoms with Crippen molar-refractivity contribution in [2.75, 3.05) is 14.2 Å². The zero-order chi connectivity index (χ0) is 21.5. The number of para-hydroxylation sites is 1. The Bertz CT molecular complexity index is 1090. The Kier molecular flexibility index (Phi) is 6.88. The molecular weight excluding hydrogens is 404 g/mol. The molecule has 0 aliphatic carbocycles. The molecule has 0 N–H and O–H groups in total. The third kappa shape index (κ3) is 5.07. The third-order valence-corrected chi connectivity index (χ3v) is 4.54. The van der Waals surface area contributed by atoms with E-state index < -0.39 is 5.97 Å². The van der Waals surface area contributed by atoms with E-state index in [0.29, 0.717) is 39.0 Å². The van der Waals surface area contributed by atoms with Crippen LogP contribution in [0.1, 0.15) is 26.3 Å². The lowest BCUT2D eigenvalue weighted by molar-refractivity contribution is 0.0733. The number of halogens is 1. The van der Waals surface area contributed by atoms with Gasteiger partial charge in [0.05, 0.1) is 19.8 Å². The summed E-state index contributed by atoms with van der Waals surface area (Å²) in [6.07, 6.45) is 3.03. The van der Waals surface area contributed by atoms with Gasteiger partial charge in [-0.25, -0.2) is 4.79 Å². The molecule has 3 aromatic rings. The molecule has 6 heteroatoms. The minimum Gasteiger partial charge on any atom is -0.493 e. The van der Waals surface area contributed by atoms with E-state index >= 15 is 0 Å². The summed E-state index contributed by atoms with van der Waals surface area (Å²) in [5.41, 5.74) is 1.41. The van der Waals surface area contributed by atoms with Crippen molar-refractivity contribution < 1.29 is 23.8 Å². The summed E-state index contributed by atoms with van der Waals surface area (Å²) in [5, 5.41) is 0.558. The summed E-state index contributed by atoms with van der Waals surface area (Å²) in [4.78, 5) is 25.0. The predicted molar refractivity (Wildman–Crippen MR) is 116 cm³/mol. The van der Waals surface area contributed by atoms with Crippen LogP contribution in [0.5, 0.6) is 17.2 Å². The van der Waals surface area contributed by atoms with E-state index in [4.69, 9.17) is 25.8 Å². The van der Waals surface area contributed by atoms with Gasteiger partial charge in [0.1, 0.15) is 5.75 Å². The van der Waals surface area contributed by atoms with Gasteiger partial charge >= 0.3 is 5.97 Å². The average molecular weight is 423 g/mol. The van der Waals surface area contributed by atoms with Gasteiger partial charge in [-0.3, -0.25) is 4.79 Å². The van der Waals surface area contributed by atoms with Crippen LogP contribution in [0.4, 0.5) is 0 Å². The maximum atomic E-state index is 12.6. The molecule has 0 aliphatic heterocycles. The minimum absolute atomic E-state index is 0.187. The van der Waals surface area contributed by atoms with Gasteiger partial charge < -0.3 is 14.2 Å². The summed E-state index contributed by atoms with van der Waals surface area (Å²) >= 11 is 5.85. The number of allylic oxidation sites excluding steroid dienone is 1. The quantitative estimate of drug-likeness (QED) is 0.218. The minimum atomic E-state index is -0.555. The highest BCUT2D eigenvalue weighted by Crippen LogP contribution is 2.28.